The van der Waals surface area contributed by atoms with E-state index in [1.165, 1.54) is 31.2 Å². The molecule has 5 heteroatoms. The first-order valence-electron chi connectivity index (χ1n) is 12.1. The summed E-state index contributed by atoms with van der Waals surface area (Å²) >= 11 is 0. The summed E-state index contributed by atoms with van der Waals surface area (Å²) in [5, 5.41) is 3.20. The Morgan fingerprint density at radius 1 is 1.10 bits per heavy atom. The molecule has 3 aliphatic rings. The number of likely N-dealkylation sites (tertiary alicyclic amines) is 1. The van der Waals surface area contributed by atoms with E-state index in [9.17, 15) is 9.59 Å². The molecule has 0 unspecified atom stereocenters. The van der Waals surface area contributed by atoms with Gasteiger partial charge in [-0.25, -0.2) is 0 Å². The number of benzene rings is 1. The van der Waals surface area contributed by atoms with E-state index in [4.69, 9.17) is 4.74 Å². The number of amides is 1. The molecule has 2 saturated heterocycles. The third-order valence-electron chi connectivity index (χ3n) is 7.23. The van der Waals surface area contributed by atoms with Gasteiger partial charge in [0.2, 0.25) is 5.91 Å². The lowest BCUT2D eigenvalue weighted by Gasteiger charge is -2.46. The van der Waals surface area contributed by atoms with Crippen molar-refractivity contribution in [2.75, 3.05) is 13.1 Å². The number of esters is 1. The second kappa shape index (κ2) is 9.32. The zero-order valence-electron chi connectivity index (χ0n) is 19.3. The molecule has 1 N–H and O–H groups in total. The largest absolute Gasteiger partial charge is 0.461 e. The lowest BCUT2D eigenvalue weighted by molar-refractivity contribution is -0.145. The minimum absolute atomic E-state index is 0.0820. The summed E-state index contributed by atoms with van der Waals surface area (Å²) in [6.45, 7) is 7.73. The molecule has 170 valence electrons. The lowest BCUT2D eigenvalue weighted by Crippen LogP contribution is -2.58. The topological polar surface area (TPSA) is 58.6 Å². The van der Waals surface area contributed by atoms with Gasteiger partial charge in [-0.15, -0.1) is 0 Å². The first-order chi connectivity index (χ1) is 14.8. The second-order valence-electron chi connectivity index (χ2n) is 10.9. The molecule has 2 aliphatic heterocycles. The van der Waals surface area contributed by atoms with Crippen LogP contribution in [0.4, 0.5) is 0 Å². The summed E-state index contributed by atoms with van der Waals surface area (Å²) in [7, 11) is 0. The molecule has 5 atom stereocenters. The highest BCUT2D eigenvalue weighted by Crippen LogP contribution is 2.39. The zero-order chi connectivity index (χ0) is 22.0. The second-order valence-corrected chi connectivity index (χ2v) is 10.9. The van der Waals surface area contributed by atoms with E-state index in [1.807, 2.05) is 39.0 Å². The molecule has 2 heterocycles. The van der Waals surface area contributed by atoms with Gasteiger partial charge in [-0.1, -0.05) is 49.6 Å². The molecule has 31 heavy (non-hydrogen) atoms. The number of cyclic esters (lactones) is 1. The van der Waals surface area contributed by atoms with Gasteiger partial charge < -0.3 is 10.1 Å². The summed E-state index contributed by atoms with van der Waals surface area (Å²) in [4.78, 5) is 28.1. The van der Waals surface area contributed by atoms with Crippen LogP contribution in [0.3, 0.4) is 0 Å². The van der Waals surface area contributed by atoms with E-state index in [0.717, 1.165) is 25.8 Å². The van der Waals surface area contributed by atoms with Crippen LogP contribution >= 0.6 is 0 Å². The van der Waals surface area contributed by atoms with Crippen molar-refractivity contribution in [3.05, 3.63) is 35.9 Å². The fourth-order valence-electron chi connectivity index (χ4n) is 5.79. The normalized spacial score (nSPS) is 31.7. The van der Waals surface area contributed by atoms with E-state index in [-0.39, 0.29) is 35.5 Å². The predicted octanol–water partition coefficient (Wildman–Crippen LogP) is 3.96. The van der Waals surface area contributed by atoms with Gasteiger partial charge >= 0.3 is 5.97 Å². The van der Waals surface area contributed by atoms with E-state index >= 15 is 0 Å². The van der Waals surface area contributed by atoms with Gasteiger partial charge in [0, 0.05) is 18.6 Å². The maximum Gasteiger partial charge on any atom is 0.309 e. The highest BCUT2D eigenvalue weighted by molar-refractivity contribution is 5.82. The van der Waals surface area contributed by atoms with Crippen LogP contribution in [-0.2, 0) is 20.7 Å². The number of ether oxygens (including phenoxy) is 1. The van der Waals surface area contributed by atoms with Crippen molar-refractivity contribution in [2.45, 2.75) is 83.4 Å². The number of fused-ring (bicyclic) bond motifs is 1. The van der Waals surface area contributed by atoms with Crippen LogP contribution in [0.2, 0.25) is 0 Å². The summed E-state index contributed by atoms with van der Waals surface area (Å²) < 4.78 is 5.80. The van der Waals surface area contributed by atoms with E-state index in [2.05, 4.69) is 22.3 Å². The highest BCUT2D eigenvalue weighted by Gasteiger charge is 2.43. The van der Waals surface area contributed by atoms with Crippen molar-refractivity contribution < 1.29 is 14.3 Å². The Balaban J connectivity index is 1.42. The van der Waals surface area contributed by atoms with Gasteiger partial charge in [-0.3, -0.25) is 14.5 Å². The molecular formula is C26H38N2O3. The Hall–Kier alpha value is -1.88. The van der Waals surface area contributed by atoms with E-state index in [0.29, 0.717) is 18.4 Å². The van der Waals surface area contributed by atoms with Gasteiger partial charge in [0.15, 0.2) is 0 Å². The monoisotopic (exact) mass is 426 g/mol. The van der Waals surface area contributed by atoms with Crippen molar-refractivity contribution in [2.24, 2.45) is 17.8 Å². The Labute approximate surface area is 186 Å². The van der Waals surface area contributed by atoms with Crippen LogP contribution < -0.4 is 5.32 Å². The molecule has 0 spiro atoms. The Morgan fingerprint density at radius 3 is 2.52 bits per heavy atom. The smallest absolute Gasteiger partial charge is 0.309 e. The Bertz CT molecular complexity index is 773. The molecule has 0 bridgehead atoms. The summed E-state index contributed by atoms with van der Waals surface area (Å²) in [6.07, 6.45) is 7.38. The van der Waals surface area contributed by atoms with Crippen molar-refractivity contribution >= 4 is 11.9 Å². The summed E-state index contributed by atoms with van der Waals surface area (Å²) in [5.74, 6) is 1.28. The van der Waals surface area contributed by atoms with Gasteiger partial charge in [-0.05, 0) is 63.9 Å². The first-order valence-corrected chi connectivity index (χ1v) is 12.1. The van der Waals surface area contributed by atoms with Gasteiger partial charge in [0.1, 0.15) is 6.10 Å². The number of hydrogen-bond acceptors (Lipinski definition) is 4. The minimum Gasteiger partial charge on any atom is -0.461 e. The molecular weight excluding hydrogens is 388 g/mol. The van der Waals surface area contributed by atoms with Gasteiger partial charge in [-0.2, -0.15) is 0 Å². The predicted molar refractivity (Wildman–Crippen MR) is 121 cm³/mol. The quantitative estimate of drug-likeness (QED) is 0.724. The number of piperidine rings is 1. The standard InChI is InChI=1S/C26H38N2O3/c1-26(2,3)27-24(29)23-15-19-11-7-8-12-20(19)16-28(23)17-22-14-21(25(30)31-22)13-18-9-5-4-6-10-18/h4-6,9-10,19-23H,7-8,11-17H2,1-3H3,(H,27,29)/t19-,20+,21+,22+,23-/m0/s1. The molecule has 0 aromatic heterocycles. The van der Waals surface area contributed by atoms with E-state index < -0.39 is 0 Å². The number of rotatable bonds is 5. The third-order valence-corrected chi connectivity index (χ3v) is 7.23. The Kier molecular flexibility index (Phi) is 6.71. The fraction of sp³-hybridized carbons (Fsp3) is 0.692. The van der Waals surface area contributed by atoms with Crippen molar-refractivity contribution in [3.63, 3.8) is 0 Å². The van der Waals surface area contributed by atoms with Crippen LogP contribution in [0.25, 0.3) is 0 Å². The van der Waals surface area contributed by atoms with Crippen molar-refractivity contribution in [1.29, 1.82) is 0 Å². The molecule has 5 nitrogen and oxygen atoms in total. The highest BCUT2D eigenvalue weighted by atomic mass is 16.6. The maximum absolute atomic E-state index is 13.2. The minimum atomic E-state index is -0.243. The summed E-state index contributed by atoms with van der Waals surface area (Å²) in [5.41, 5.74) is 0.933. The van der Waals surface area contributed by atoms with Crippen molar-refractivity contribution in [3.8, 4) is 0 Å². The van der Waals surface area contributed by atoms with Crippen molar-refractivity contribution in [1.82, 2.24) is 10.2 Å². The first kappa shape index (κ1) is 22.3. The number of nitrogens with one attached hydrogen (secondary N) is 1. The van der Waals surface area contributed by atoms with Gasteiger partial charge in [0.05, 0.1) is 12.0 Å². The molecule has 1 amide bonds. The molecule has 4 rings (SSSR count). The van der Waals surface area contributed by atoms with Crippen LogP contribution in [0.15, 0.2) is 30.3 Å². The van der Waals surface area contributed by atoms with Crippen LogP contribution in [0.5, 0.6) is 0 Å². The van der Waals surface area contributed by atoms with Crippen LogP contribution in [-0.4, -0.2) is 47.6 Å². The lowest BCUT2D eigenvalue weighted by atomic mass is 9.72. The fourth-order valence-corrected chi connectivity index (χ4v) is 5.79. The van der Waals surface area contributed by atoms with Gasteiger partial charge in [0.25, 0.3) is 0 Å². The third kappa shape index (κ3) is 5.68. The maximum atomic E-state index is 13.2. The summed E-state index contributed by atoms with van der Waals surface area (Å²) in [6, 6.07) is 10.0. The molecule has 0 radical (unpaired) electrons. The molecule has 1 aliphatic carbocycles. The average molecular weight is 427 g/mol. The van der Waals surface area contributed by atoms with Crippen LogP contribution in [0, 0.1) is 17.8 Å². The zero-order valence-corrected chi connectivity index (χ0v) is 19.3. The Morgan fingerprint density at radius 2 is 1.81 bits per heavy atom. The average Bonchev–Trinajstić information content (AvgIpc) is 3.05. The number of carbonyl (C=O) groups excluding carboxylic acids is 2. The number of nitrogens with zero attached hydrogens (tertiary/aromatic N) is 1. The van der Waals surface area contributed by atoms with E-state index in [1.54, 1.807) is 0 Å². The molecule has 1 aromatic rings. The number of hydrogen-bond donors (Lipinski definition) is 1. The molecule has 3 fully saturated rings. The number of carbonyl (C=O) groups is 2. The SMILES string of the molecule is CC(C)(C)NC(=O)[C@@H]1C[C@@H]2CCCC[C@@H]2CN1C[C@H]1C[C@@H](Cc2ccccc2)C(=O)O1. The molecule has 1 saturated carbocycles. The van der Waals surface area contributed by atoms with Crippen LogP contribution in [0.1, 0.15) is 64.9 Å². The molecule has 1 aromatic carbocycles.